The summed E-state index contributed by atoms with van der Waals surface area (Å²) in [7, 11) is 1.63. The van der Waals surface area contributed by atoms with Crippen LogP contribution in [0, 0.1) is 6.92 Å². The second-order valence-electron chi connectivity index (χ2n) is 4.85. The van der Waals surface area contributed by atoms with Crippen molar-refractivity contribution in [1.29, 1.82) is 0 Å². The standard InChI is InChI=1S/C16H16BrNO3/c1-10-3-4-12(7-13(10)17)18-8-11-5-14(19-2)16-15(6-11)20-9-21-16/h3-7,18H,8-9H2,1-2H3. The number of benzene rings is 2. The number of aryl methyl sites for hydroxylation is 1. The fourth-order valence-electron chi connectivity index (χ4n) is 2.19. The molecule has 3 rings (SSSR count). The second-order valence-corrected chi connectivity index (χ2v) is 5.70. The Kier molecular flexibility index (Phi) is 3.92. The summed E-state index contributed by atoms with van der Waals surface area (Å²) in [5.41, 5.74) is 3.35. The highest BCUT2D eigenvalue weighted by Gasteiger charge is 2.19. The molecule has 0 radical (unpaired) electrons. The zero-order valence-electron chi connectivity index (χ0n) is 11.9. The lowest BCUT2D eigenvalue weighted by Crippen LogP contribution is -2.00. The molecular formula is C16H16BrNO3. The van der Waals surface area contributed by atoms with E-state index in [0.717, 1.165) is 21.5 Å². The predicted octanol–water partition coefficient (Wildman–Crippen LogP) is 4.11. The number of halogens is 1. The highest BCUT2D eigenvalue weighted by Crippen LogP contribution is 2.41. The molecule has 5 heteroatoms. The van der Waals surface area contributed by atoms with Gasteiger partial charge in [0.25, 0.3) is 0 Å². The molecule has 1 aliphatic rings. The van der Waals surface area contributed by atoms with Gasteiger partial charge in [0.05, 0.1) is 7.11 Å². The lowest BCUT2D eigenvalue weighted by Gasteiger charge is -2.11. The van der Waals surface area contributed by atoms with Crippen LogP contribution in [0.3, 0.4) is 0 Å². The van der Waals surface area contributed by atoms with E-state index in [1.165, 1.54) is 5.56 Å². The molecule has 4 nitrogen and oxygen atoms in total. The average Bonchev–Trinajstić information content (AvgIpc) is 2.96. The number of fused-ring (bicyclic) bond motifs is 1. The largest absolute Gasteiger partial charge is 0.493 e. The number of methoxy groups -OCH3 is 1. The number of hydrogen-bond donors (Lipinski definition) is 1. The van der Waals surface area contributed by atoms with Gasteiger partial charge in [-0.15, -0.1) is 0 Å². The minimum atomic E-state index is 0.244. The molecule has 2 aromatic rings. The molecule has 0 amide bonds. The maximum atomic E-state index is 5.43. The molecule has 0 unspecified atom stereocenters. The topological polar surface area (TPSA) is 39.7 Å². The van der Waals surface area contributed by atoms with E-state index in [-0.39, 0.29) is 6.79 Å². The molecule has 0 fully saturated rings. The Morgan fingerprint density at radius 3 is 2.86 bits per heavy atom. The number of nitrogens with one attached hydrogen (secondary N) is 1. The van der Waals surface area contributed by atoms with Crippen LogP contribution in [0.2, 0.25) is 0 Å². The van der Waals surface area contributed by atoms with Crippen LogP contribution in [-0.2, 0) is 6.54 Å². The maximum absolute atomic E-state index is 5.43. The number of ether oxygens (including phenoxy) is 3. The summed E-state index contributed by atoms with van der Waals surface area (Å²) in [6, 6.07) is 10.1. The van der Waals surface area contributed by atoms with Crippen LogP contribution in [0.5, 0.6) is 17.2 Å². The van der Waals surface area contributed by atoms with E-state index in [9.17, 15) is 0 Å². The van der Waals surface area contributed by atoms with Gasteiger partial charge in [0.1, 0.15) is 0 Å². The van der Waals surface area contributed by atoms with Crippen molar-refractivity contribution in [3.8, 4) is 17.2 Å². The van der Waals surface area contributed by atoms with Crippen LogP contribution in [-0.4, -0.2) is 13.9 Å². The average molecular weight is 350 g/mol. The Morgan fingerprint density at radius 2 is 2.10 bits per heavy atom. The fourth-order valence-corrected chi connectivity index (χ4v) is 2.57. The molecule has 1 N–H and O–H groups in total. The second kappa shape index (κ2) is 5.85. The molecule has 0 atom stereocenters. The first-order chi connectivity index (χ1) is 10.2. The Labute approximate surface area is 132 Å². The molecule has 2 aromatic carbocycles. The van der Waals surface area contributed by atoms with E-state index in [2.05, 4.69) is 46.4 Å². The van der Waals surface area contributed by atoms with E-state index >= 15 is 0 Å². The minimum absolute atomic E-state index is 0.244. The first-order valence-corrected chi connectivity index (χ1v) is 7.43. The van der Waals surface area contributed by atoms with Crippen LogP contribution in [0.25, 0.3) is 0 Å². The maximum Gasteiger partial charge on any atom is 0.231 e. The van der Waals surface area contributed by atoms with Gasteiger partial charge in [0.15, 0.2) is 11.5 Å². The van der Waals surface area contributed by atoms with Gasteiger partial charge in [-0.2, -0.15) is 0 Å². The van der Waals surface area contributed by atoms with Crippen molar-refractivity contribution in [1.82, 2.24) is 0 Å². The molecule has 21 heavy (non-hydrogen) atoms. The summed E-state index contributed by atoms with van der Waals surface area (Å²) in [5.74, 6) is 2.11. The van der Waals surface area contributed by atoms with Gasteiger partial charge in [-0.05, 0) is 42.3 Å². The molecular weight excluding hydrogens is 334 g/mol. The molecule has 1 aliphatic heterocycles. The lowest BCUT2D eigenvalue weighted by molar-refractivity contribution is 0.171. The smallest absolute Gasteiger partial charge is 0.231 e. The van der Waals surface area contributed by atoms with E-state index in [0.29, 0.717) is 18.0 Å². The van der Waals surface area contributed by atoms with Gasteiger partial charge < -0.3 is 19.5 Å². The van der Waals surface area contributed by atoms with Gasteiger partial charge in [-0.3, -0.25) is 0 Å². The Hall–Kier alpha value is -1.88. The van der Waals surface area contributed by atoms with Gasteiger partial charge in [0.2, 0.25) is 12.5 Å². The third-order valence-corrected chi connectivity index (χ3v) is 4.24. The highest BCUT2D eigenvalue weighted by molar-refractivity contribution is 9.10. The summed E-state index contributed by atoms with van der Waals surface area (Å²) in [4.78, 5) is 0. The first kappa shape index (κ1) is 14.1. The summed E-state index contributed by atoms with van der Waals surface area (Å²) >= 11 is 3.54. The van der Waals surface area contributed by atoms with Crippen molar-refractivity contribution in [3.63, 3.8) is 0 Å². The van der Waals surface area contributed by atoms with E-state index in [1.54, 1.807) is 7.11 Å². The lowest BCUT2D eigenvalue weighted by atomic mass is 10.1. The van der Waals surface area contributed by atoms with Gasteiger partial charge >= 0.3 is 0 Å². The Morgan fingerprint density at radius 1 is 1.24 bits per heavy atom. The Balaban J connectivity index is 1.77. The Bertz CT molecular complexity index is 673. The fraction of sp³-hybridized carbons (Fsp3) is 0.250. The van der Waals surface area contributed by atoms with Crippen molar-refractivity contribution >= 4 is 21.6 Å². The van der Waals surface area contributed by atoms with Crippen LogP contribution in [0.1, 0.15) is 11.1 Å². The first-order valence-electron chi connectivity index (χ1n) is 6.64. The summed E-state index contributed by atoms with van der Waals surface area (Å²) in [6.07, 6.45) is 0. The molecule has 110 valence electrons. The molecule has 0 spiro atoms. The molecule has 0 bridgehead atoms. The zero-order chi connectivity index (χ0) is 14.8. The van der Waals surface area contributed by atoms with Crippen molar-refractivity contribution in [3.05, 3.63) is 45.9 Å². The number of hydrogen-bond acceptors (Lipinski definition) is 4. The number of anilines is 1. The molecule has 0 saturated heterocycles. The summed E-state index contributed by atoms with van der Waals surface area (Å²) in [5, 5.41) is 3.39. The van der Waals surface area contributed by atoms with Crippen molar-refractivity contribution in [2.24, 2.45) is 0 Å². The zero-order valence-corrected chi connectivity index (χ0v) is 13.5. The van der Waals surface area contributed by atoms with Crippen LogP contribution in [0.15, 0.2) is 34.8 Å². The summed E-state index contributed by atoms with van der Waals surface area (Å²) < 4.78 is 17.3. The monoisotopic (exact) mass is 349 g/mol. The van der Waals surface area contributed by atoms with E-state index < -0.39 is 0 Å². The van der Waals surface area contributed by atoms with Crippen LogP contribution in [0.4, 0.5) is 5.69 Å². The van der Waals surface area contributed by atoms with Gasteiger partial charge in [-0.25, -0.2) is 0 Å². The molecule has 0 aliphatic carbocycles. The molecule has 0 saturated carbocycles. The van der Waals surface area contributed by atoms with E-state index in [1.807, 2.05) is 12.1 Å². The highest BCUT2D eigenvalue weighted by atomic mass is 79.9. The van der Waals surface area contributed by atoms with Crippen LogP contribution >= 0.6 is 15.9 Å². The number of rotatable bonds is 4. The SMILES string of the molecule is COc1cc(CNc2ccc(C)c(Br)c2)cc2c1OCO2. The molecule has 1 heterocycles. The predicted molar refractivity (Wildman–Crippen MR) is 85.3 cm³/mol. The third-order valence-electron chi connectivity index (χ3n) is 3.39. The van der Waals surface area contributed by atoms with Gasteiger partial charge in [0, 0.05) is 16.7 Å². The van der Waals surface area contributed by atoms with Crippen molar-refractivity contribution < 1.29 is 14.2 Å². The molecule has 0 aromatic heterocycles. The summed E-state index contributed by atoms with van der Waals surface area (Å²) in [6.45, 7) is 2.99. The van der Waals surface area contributed by atoms with Crippen LogP contribution < -0.4 is 19.5 Å². The quantitative estimate of drug-likeness (QED) is 0.901. The normalized spacial score (nSPS) is 12.3. The van der Waals surface area contributed by atoms with Gasteiger partial charge in [-0.1, -0.05) is 22.0 Å². The van der Waals surface area contributed by atoms with E-state index in [4.69, 9.17) is 14.2 Å². The minimum Gasteiger partial charge on any atom is -0.493 e. The van der Waals surface area contributed by atoms with Crippen molar-refractivity contribution in [2.45, 2.75) is 13.5 Å². The third kappa shape index (κ3) is 2.93. The van der Waals surface area contributed by atoms with Crippen molar-refractivity contribution in [2.75, 3.05) is 19.2 Å².